The van der Waals surface area contributed by atoms with Crippen LogP contribution in [0.2, 0.25) is 0 Å². The number of nitrogens with one attached hydrogen (secondary N) is 2. The van der Waals surface area contributed by atoms with Gasteiger partial charge in [0, 0.05) is 31.1 Å². The van der Waals surface area contributed by atoms with E-state index in [1.54, 1.807) is 18.5 Å². The van der Waals surface area contributed by atoms with E-state index in [2.05, 4.69) is 42.5 Å². The summed E-state index contributed by atoms with van der Waals surface area (Å²) < 4.78 is 31.7. The highest BCUT2D eigenvalue weighted by Gasteiger charge is 2.37. The van der Waals surface area contributed by atoms with Gasteiger partial charge in [-0.2, -0.15) is 9.19 Å². The van der Waals surface area contributed by atoms with Crippen molar-refractivity contribution in [3.05, 3.63) is 42.5 Å². The first kappa shape index (κ1) is 25.7. The minimum absolute atomic E-state index is 0.0523. The van der Waals surface area contributed by atoms with Gasteiger partial charge in [-0.3, -0.25) is 0 Å². The molecule has 2 aliphatic carbocycles. The Morgan fingerprint density at radius 2 is 1.90 bits per heavy atom. The van der Waals surface area contributed by atoms with Gasteiger partial charge in [-0.05, 0) is 57.4 Å². The number of aromatic nitrogens is 5. The average molecular weight is 550 g/mol. The molecule has 12 heteroatoms. The summed E-state index contributed by atoms with van der Waals surface area (Å²) >= 11 is 0. The highest BCUT2D eigenvalue weighted by atomic mass is 32.2. The Labute approximate surface area is 227 Å². The molecule has 3 aliphatic rings. The SMILES string of the molecule is O=S(=O)(C1CC1)n1cc(-c2nccc(Nc3cc(NC4CCC(O)CC4)c(C#CC4CCCO4)cn3)n2)cn1. The molecule has 1 unspecified atom stereocenters. The topological polar surface area (TPSA) is 144 Å². The van der Waals surface area contributed by atoms with Crippen molar-refractivity contribution in [1.82, 2.24) is 24.1 Å². The monoisotopic (exact) mass is 549 g/mol. The lowest BCUT2D eigenvalue weighted by Gasteiger charge is -2.27. The Morgan fingerprint density at radius 3 is 2.67 bits per heavy atom. The maximum Gasteiger partial charge on any atom is 0.256 e. The molecule has 1 aliphatic heterocycles. The molecule has 4 heterocycles. The molecular formula is C27H31N7O4S. The molecule has 1 saturated heterocycles. The van der Waals surface area contributed by atoms with E-state index in [4.69, 9.17) is 4.74 Å². The van der Waals surface area contributed by atoms with Crippen molar-refractivity contribution < 1.29 is 18.3 Å². The van der Waals surface area contributed by atoms with E-state index < -0.39 is 10.0 Å². The Morgan fingerprint density at radius 1 is 1.05 bits per heavy atom. The van der Waals surface area contributed by atoms with Crippen molar-refractivity contribution in [1.29, 1.82) is 0 Å². The van der Waals surface area contributed by atoms with Crippen molar-refractivity contribution in [3.63, 3.8) is 0 Å². The van der Waals surface area contributed by atoms with Crippen LogP contribution in [0.15, 0.2) is 36.9 Å². The average Bonchev–Trinajstić information content (AvgIpc) is 3.45. The molecule has 3 fully saturated rings. The van der Waals surface area contributed by atoms with Gasteiger partial charge >= 0.3 is 0 Å². The van der Waals surface area contributed by atoms with Crippen LogP contribution in [-0.2, 0) is 14.8 Å². The summed E-state index contributed by atoms with van der Waals surface area (Å²) in [4.78, 5) is 13.4. The van der Waals surface area contributed by atoms with Gasteiger partial charge in [0.05, 0.1) is 40.6 Å². The van der Waals surface area contributed by atoms with E-state index in [0.29, 0.717) is 35.9 Å². The summed E-state index contributed by atoms with van der Waals surface area (Å²) in [5.41, 5.74) is 2.16. The van der Waals surface area contributed by atoms with Crippen molar-refractivity contribution in [2.24, 2.45) is 0 Å². The largest absolute Gasteiger partial charge is 0.393 e. The van der Waals surface area contributed by atoms with Crippen LogP contribution in [0, 0.1) is 11.8 Å². The van der Waals surface area contributed by atoms with E-state index in [9.17, 15) is 13.5 Å². The molecule has 39 heavy (non-hydrogen) atoms. The lowest BCUT2D eigenvalue weighted by atomic mass is 9.93. The van der Waals surface area contributed by atoms with Crippen LogP contribution >= 0.6 is 0 Å². The molecule has 11 nitrogen and oxygen atoms in total. The van der Waals surface area contributed by atoms with Gasteiger partial charge in [0.15, 0.2) is 5.82 Å². The predicted molar refractivity (Wildman–Crippen MR) is 146 cm³/mol. The molecule has 3 aromatic heterocycles. The third kappa shape index (κ3) is 6.06. The quantitative estimate of drug-likeness (QED) is 0.376. The molecule has 6 rings (SSSR count). The minimum Gasteiger partial charge on any atom is -0.393 e. The molecule has 0 aromatic carbocycles. The summed E-state index contributed by atoms with van der Waals surface area (Å²) in [7, 11) is -3.46. The zero-order chi connectivity index (χ0) is 26.8. The van der Waals surface area contributed by atoms with E-state index in [1.807, 2.05) is 6.07 Å². The van der Waals surface area contributed by atoms with E-state index >= 15 is 0 Å². The second-order valence-electron chi connectivity index (χ2n) is 10.3. The highest BCUT2D eigenvalue weighted by Crippen LogP contribution is 2.31. The molecule has 0 amide bonds. The van der Waals surface area contributed by atoms with Crippen LogP contribution in [0.1, 0.15) is 56.9 Å². The summed E-state index contributed by atoms with van der Waals surface area (Å²) in [5.74, 6) is 7.90. The maximum atomic E-state index is 12.5. The molecular weight excluding hydrogens is 518 g/mol. The second-order valence-corrected chi connectivity index (χ2v) is 12.3. The summed E-state index contributed by atoms with van der Waals surface area (Å²) in [6.45, 7) is 0.744. The number of aliphatic hydroxyl groups excluding tert-OH is 1. The second kappa shape index (κ2) is 10.9. The van der Waals surface area contributed by atoms with Crippen LogP contribution < -0.4 is 10.6 Å². The highest BCUT2D eigenvalue weighted by molar-refractivity contribution is 7.90. The van der Waals surface area contributed by atoms with Gasteiger partial charge in [-0.25, -0.2) is 23.4 Å². The lowest BCUT2D eigenvalue weighted by Crippen LogP contribution is -2.28. The van der Waals surface area contributed by atoms with E-state index in [-0.39, 0.29) is 23.5 Å². The number of rotatable bonds is 7. The number of hydrogen-bond donors (Lipinski definition) is 3. The fourth-order valence-electron chi connectivity index (χ4n) is 4.81. The first-order valence-corrected chi connectivity index (χ1v) is 14.9. The fraction of sp³-hybridized carbons (Fsp3) is 0.481. The molecule has 0 radical (unpaired) electrons. The number of nitrogens with zero attached hydrogens (tertiary/aromatic N) is 5. The standard InChI is InChI=1S/C27H31N7O4S/c35-21-6-4-20(5-7-21)31-24-14-26(29-15-18(24)3-8-22-2-1-13-38-22)32-25-11-12-28-27(33-25)19-16-30-34(17-19)39(36,37)23-9-10-23/h11-12,14-17,20-23,35H,1-2,4-7,9-10,13H2,(H2,28,29,31,32,33). The number of anilines is 3. The number of aliphatic hydroxyl groups is 1. The molecule has 3 aromatic rings. The molecule has 2 saturated carbocycles. The first-order chi connectivity index (χ1) is 18.9. The normalized spacial score (nSPS) is 23.2. The van der Waals surface area contributed by atoms with Crippen LogP contribution in [0.3, 0.4) is 0 Å². The third-order valence-electron chi connectivity index (χ3n) is 7.19. The van der Waals surface area contributed by atoms with Gasteiger partial charge in [-0.15, -0.1) is 0 Å². The van der Waals surface area contributed by atoms with Gasteiger partial charge in [0.2, 0.25) is 0 Å². The van der Waals surface area contributed by atoms with Gasteiger partial charge in [-0.1, -0.05) is 11.8 Å². The number of hydrogen-bond acceptors (Lipinski definition) is 10. The number of pyridine rings is 1. The zero-order valence-corrected chi connectivity index (χ0v) is 22.3. The number of ether oxygens (including phenoxy) is 1. The van der Waals surface area contributed by atoms with Crippen molar-refractivity contribution in [2.45, 2.75) is 74.9 Å². The van der Waals surface area contributed by atoms with E-state index in [1.165, 1.54) is 12.4 Å². The Bertz CT molecular complexity index is 1500. The van der Waals surface area contributed by atoms with E-state index in [0.717, 1.165) is 60.5 Å². The summed E-state index contributed by atoms with van der Waals surface area (Å²) in [6.07, 6.45) is 12.6. The Balaban J connectivity index is 1.22. The predicted octanol–water partition coefficient (Wildman–Crippen LogP) is 3.06. The van der Waals surface area contributed by atoms with Crippen molar-refractivity contribution in [2.75, 3.05) is 17.2 Å². The van der Waals surface area contributed by atoms with Gasteiger partial charge in [0.1, 0.15) is 17.7 Å². The minimum atomic E-state index is -3.46. The molecule has 3 N–H and O–H groups in total. The van der Waals surface area contributed by atoms with Gasteiger partial charge in [0.25, 0.3) is 10.0 Å². The smallest absolute Gasteiger partial charge is 0.256 e. The van der Waals surface area contributed by atoms with Crippen LogP contribution in [-0.4, -0.2) is 67.8 Å². The first-order valence-electron chi connectivity index (χ1n) is 13.4. The van der Waals surface area contributed by atoms with Crippen molar-refractivity contribution in [3.8, 4) is 23.2 Å². The molecule has 0 spiro atoms. The van der Waals surface area contributed by atoms with Crippen molar-refractivity contribution >= 4 is 27.3 Å². The fourth-order valence-corrected chi connectivity index (χ4v) is 6.29. The third-order valence-corrected chi connectivity index (χ3v) is 9.23. The summed E-state index contributed by atoms with van der Waals surface area (Å²) in [5, 5.41) is 20.4. The Hall–Kier alpha value is -3.53. The summed E-state index contributed by atoms with van der Waals surface area (Å²) in [6, 6.07) is 3.87. The Kier molecular flexibility index (Phi) is 7.20. The van der Waals surface area contributed by atoms with Crippen LogP contribution in [0.25, 0.3) is 11.4 Å². The van der Waals surface area contributed by atoms with Gasteiger partial charge < -0.3 is 20.5 Å². The molecule has 0 bridgehead atoms. The molecule has 1 atom stereocenters. The lowest BCUT2D eigenvalue weighted by molar-refractivity contribution is 0.126. The zero-order valence-electron chi connectivity index (χ0n) is 21.5. The molecule has 204 valence electrons. The van der Waals surface area contributed by atoms with Crippen LogP contribution in [0.5, 0.6) is 0 Å². The van der Waals surface area contributed by atoms with Crippen LogP contribution in [0.4, 0.5) is 17.3 Å². The maximum absolute atomic E-state index is 12.5.